The normalized spacial score (nSPS) is 30.6. The van der Waals surface area contributed by atoms with Gasteiger partial charge in [-0.25, -0.2) is 4.98 Å². The SMILES string of the molecule is COC(=O)CCCCCCCCO[C@@H]1OC(CO)[C@@H](O)C(OC2OC(CO)[C@H](O)C(O)C2O)C1NC(=O)c1ccc2cccc(O)c2n1. The number of rotatable bonds is 16. The smallest absolute Gasteiger partial charge is 0.305 e. The molecule has 0 bridgehead atoms. The average molecular weight is 683 g/mol. The van der Waals surface area contributed by atoms with E-state index in [0.29, 0.717) is 18.2 Å². The third-order valence-corrected chi connectivity index (χ3v) is 8.51. The van der Waals surface area contributed by atoms with Crippen LogP contribution in [0.2, 0.25) is 0 Å². The Bertz CT molecular complexity index is 1330. The molecule has 2 saturated heterocycles. The van der Waals surface area contributed by atoms with E-state index in [1.54, 1.807) is 18.2 Å². The number of hydrogen-bond donors (Lipinski definition) is 8. The molecule has 48 heavy (non-hydrogen) atoms. The molecule has 0 radical (unpaired) electrons. The minimum Gasteiger partial charge on any atom is -0.506 e. The van der Waals surface area contributed by atoms with Crippen molar-refractivity contribution < 1.29 is 69.0 Å². The van der Waals surface area contributed by atoms with Crippen molar-refractivity contribution in [3.8, 4) is 5.75 Å². The molecule has 268 valence electrons. The minimum atomic E-state index is -1.82. The van der Waals surface area contributed by atoms with Crippen LogP contribution in [-0.4, -0.2) is 141 Å². The molecule has 2 aromatic rings. The van der Waals surface area contributed by atoms with Crippen molar-refractivity contribution in [3.63, 3.8) is 0 Å². The zero-order valence-electron chi connectivity index (χ0n) is 26.7. The molecule has 16 nitrogen and oxygen atoms in total. The Kier molecular flexibility index (Phi) is 14.2. The maximum Gasteiger partial charge on any atom is 0.305 e. The molecule has 8 N–H and O–H groups in total. The summed E-state index contributed by atoms with van der Waals surface area (Å²) in [5.41, 5.74) is 0.0814. The number of hydrogen-bond acceptors (Lipinski definition) is 15. The van der Waals surface area contributed by atoms with Crippen LogP contribution in [0.25, 0.3) is 10.9 Å². The van der Waals surface area contributed by atoms with Gasteiger partial charge in [0.1, 0.15) is 65.7 Å². The summed E-state index contributed by atoms with van der Waals surface area (Å²) in [4.78, 5) is 29.1. The molecule has 16 heteroatoms. The van der Waals surface area contributed by atoms with Crippen LogP contribution in [0.4, 0.5) is 0 Å². The number of methoxy groups -OCH3 is 1. The maximum atomic E-state index is 13.6. The Morgan fingerprint density at radius 3 is 2.21 bits per heavy atom. The molecule has 0 spiro atoms. The number of aliphatic hydroxyl groups is 6. The molecule has 1 aromatic carbocycles. The lowest BCUT2D eigenvalue weighted by Crippen LogP contribution is -2.68. The van der Waals surface area contributed by atoms with Crippen LogP contribution >= 0.6 is 0 Å². The summed E-state index contributed by atoms with van der Waals surface area (Å²) >= 11 is 0. The fourth-order valence-electron chi connectivity index (χ4n) is 5.72. The van der Waals surface area contributed by atoms with Gasteiger partial charge in [0, 0.05) is 18.4 Å². The van der Waals surface area contributed by atoms with Gasteiger partial charge < -0.3 is 64.7 Å². The Balaban J connectivity index is 1.50. The van der Waals surface area contributed by atoms with E-state index in [2.05, 4.69) is 15.0 Å². The lowest BCUT2D eigenvalue weighted by molar-refractivity contribution is -0.344. The highest BCUT2D eigenvalue weighted by Gasteiger charge is 2.51. The summed E-state index contributed by atoms with van der Waals surface area (Å²) in [6.07, 6.45) is -8.80. The number of carbonyl (C=O) groups excluding carboxylic acids is 2. The van der Waals surface area contributed by atoms with Crippen molar-refractivity contribution in [2.75, 3.05) is 26.9 Å². The Morgan fingerprint density at radius 1 is 0.833 bits per heavy atom. The van der Waals surface area contributed by atoms with E-state index < -0.39 is 80.5 Å². The lowest BCUT2D eigenvalue weighted by atomic mass is 9.95. The number of nitrogens with zero attached hydrogens (tertiary/aromatic N) is 1. The standard InChI is InChI=1S/C32H46N2O14/c1-44-22(38)11-6-4-2-3-5-7-14-45-31-24(34-30(43)18-13-12-17-9-8-10-19(37)23(17)33-18)29(26(40)21(16-36)46-31)48-32-28(42)27(41)25(39)20(15-35)47-32/h8-10,12-13,20-21,24-29,31-32,35-37,39-42H,2-7,11,14-16H2,1H3,(H,34,43)/t20?,21?,24?,25-,26+,27?,28?,29?,31+,32?/m0/s1. The van der Waals surface area contributed by atoms with E-state index in [1.807, 2.05) is 0 Å². The molecule has 2 aliphatic rings. The number of aromatic hydroxyl groups is 1. The van der Waals surface area contributed by atoms with Gasteiger partial charge in [0.25, 0.3) is 5.91 Å². The quantitative estimate of drug-likeness (QED) is 0.0800. The Morgan fingerprint density at radius 2 is 1.50 bits per heavy atom. The second-order valence-corrected chi connectivity index (χ2v) is 11.9. The second-order valence-electron chi connectivity index (χ2n) is 11.9. The first-order valence-electron chi connectivity index (χ1n) is 16.1. The molecule has 2 fully saturated rings. The number of phenolic OH excluding ortho intramolecular Hbond substituents is 1. The zero-order chi connectivity index (χ0) is 34.8. The summed E-state index contributed by atoms with van der Waals surface area (Å²) in [6, 6.07) is 6.49. The van der Waals surface area contributed by atoms with Crippen molar-refractivity contribution in [1.29, 1.82) is 0 Å². The maximum absolute atomic E-state index is 13.6. The van der Waals surface area contributed by atoms with Gasteiger partial charge in [-0.05, 0) is 25.0 Å². The number of carbonyl (C=O) groups is 2. The zero-order valence-corrected chi connectivity index (χ0v) is 26.7. The predicted molar refractivity (Wildman–Crippen MR) is 165 cm³/mol. The van der Waals surface area contributed by atoms with Crippen LogP contribution < -0.4 is 5.32 Å². The number of esters is 1. The van der Waals surface area contributed by atoms with Crippen LogP contribution in [0.1, 0.15) is 55.4 Å². The van der Waals surface area contributed by atoms with Crippen molar-refractivity contribution in [3.05, 3.63) is 36.0 Å². The lowest BCUT2D eigenvalue weighted by Gasteiger charge is -2.47. The van der Waals surface area contributed by atoms with Crippen molar-refractivity contribution in [2.24, 2.45) is 0 Å². The molecule has 10 atom stereocenters. The van der Waals surface area contributed by atoms with Gasteiger partial charge in [-0.1, -0.05) is 43.9 Å². The fraction of sp³-hybridized carbons (Fsp3) is 0.656. The number of benzene rings is 1. The third-order valence-electron chi connectivity index (χ3n) is 8.51. The molecule has 1 aromatic heterocycles. The summed E-state index contributed by atoms with van der Waals surface area (Å²) in [7, 11) is 1.35. The molecule has 7 unspecified atom stereocenters. The molecule has 0 aliphatic carbocycles. The van der Waals surface area contributed by atoms with E-state index in [1.165, 1.54) is 19.2 Å². The van der Waals surface area contributed by atoms with E-state index in [-0.39, 0.29) is 29.5 Å². The van der Waals surface area contributed by atoms with Gasteiger partial charge in [-0.15, -0.1) is 0 Å². The van der Waals surface area contributed by atoms with Gasteiger partial charge in [0.05, 0.1) is 20.3 Å². The van der Waals surface area contributed by atoms with Crippen LogP contribution in [0.5, 0.6) is 5.75 Å². The minimum absolute atomic E-state index is 0.0969. The highest BCUT2D eigenvalue weighted by atomic mass is 16.7. The summed E-state index contributed by atoms with van der Waals surface area (Å²) in [6.45, 7) is -1.24. The number of amides is 1. The van der Waals surface area contributed by atoms with Crippen molar-refractivity contribution in [1.82, 2.24) is 10.3 Å². The summed E-state index contributed by atoms with van der Waals surface area (Å²) in [5, 5.41) is 75.6. The van der Waals surface area contributed by atoms with Gasteiger partial charge >= 0.3 is 5.97 Å². The van der Waals surface area contributed by atoms with Crippen LogP contribution in [-0.2, 0) is 28.5 Å². The van der Waals surface area contributed by atoms with Gasteiger partial charge in [0.15, 0.2) is 12.6 Å². The number of para-hydroxylation sites is 1. The summed E-state index contributed by atoms with van der Waals surface area (Å²) in [5.74, 6) is -1.14. The first kappa shape index (κ1) is 37.8. The number of aromatic nitrogens is 1. The van der Waals surface area contributed by atoms with Crippen LogP contribution in [0, 0.1) is 0 Å². The number of unbranched alkanes of at least 4 members (excludes halogenated alkanes) is 5. The number of pyridine rings is 1. The van der Waals surface area contributed by atoms with Gasteiger partial charge in [0.2, 0.25) is 0 Å². The molecule has 1 amide bonds. The summed E-state index contributed by atoms with van der Waals surface area (Å²) < 4.78 is 27.9. The fourth-order valence-corrected chi connectivity index (χ4v) is 5.72. The van der Waals surface area contributed by atoms with Crippen molar-refractivity contribution >= 4 is 22.8 Å². The number of phenols is 1. The molecular weight excluding hydrogens is 636 g/mol. The average Bonchev–Trinajstić information content (AvgIpc) is 3.09. The topological polar surface area (TPSA) is 247 Å². The predicted octanol–water partition coefficient (Wildman–Crippen LogP) is -0.778. The van der Waals surface area contributed by atoms with Crippen LogP contribution in [0.15, 0.2) is 30.3 Å². The van der Waals surface area contributed by atoms with Gasteiger partial charge in [-0.2, -0.15) is 0 Å². The first-order valence-corrected chi connectivity index (χ1v) is 16.1. The largest absolute Gasteiger partial charge is 0.506 e. The monoisotopic (exact) mass is 682 g/mol. The van der Waals surface area contributed by atoms with E-state index >= 15 is 0 Å². The van der Waals surface area contributed by atoms with Crippen molar-refractivity contribution in [2.45, 2.75) is 106 Å². The van der Waals surface area contributed by atoms with E-state index in [4.69, 9.17) is 18.9 Å². The number of fused-ring (bicyclic) bond motifs is 1. The molecule has 0 saturated carbocycles. The molecule has 4 rings (SSSR count). The third kappa shape index (κ3) is 9.35. The second kappa shape index (κ2) is 18.1. The van der Waals surface area contributed by atoms with Crippen LogP contribution in [0.3, 0.4) is 0 Å². The Labute approximate surface area is 277 Å². The highest BCUT2D eigenvalue weighted by Crippen LogP contribution is 2.30. The molecule has 3 heterocycles. The number of aliphatic hydroxyl groups excluding tert-OH is 6. The number of ether oxygens (including phenoxy) is 5. The van der Waals surface area contributed by atoms with Gasteiger partial charge in [-0.3, -0.25) is 9.59 Å². The molecular formula is C32H46N2O14. The van der Waals surface area contributed by atoms with E-state index in [0.717, 1.165) is 32.1 Å². The molecule has 2 aliphatic heterocycles. The first-order chi connectivity index (χ1) is 23.1. The highest BCUT2D eigenvalue weighted by molar-refractivity contribution is 5.96. The Hall–Kier alpha value is -3.03. The van der Waals surface area contributed by atoms with E-state index in [9.17, 15) is 45.3 Å². The number of nitrogens with one attached hydrogen (secondary N) is 1.